The molecule has 28 heavy (non-hydrogen) atoms. The van der Waals surface area contributed by atoms with Crippen LogP contribution in [0.4, 0.5) is 13.2 Å². The van der Waals surface area contributed by atoms with Crippen LogP contribution in [0, 0.1) is 28.8 Å². The molecule has 1 heterocycles. The molecule has 7 heteroatoms. The van der Waals surface area contributed by atoms with Gasteiger partial charge in [0.2, 0.25) is 5.91 Å². The monoisotopic (exact) mass is 383 g/mol. The van der Waals surface area contributed by atoms with Crippen LogP contribution < -0.4 is 5.32 Å². The summed E-state index contributed by atoms with van der Waals surface area (Å²) in [6.07, 6.45) is 0.985. The Morgan fingerprint density at radius 2 is 1.86 bits per heavy atom. The van der Waals surface area contributed by atoms with Crippen LogP contribution in [0.5, 0.6) is 0 Å². The highest BCUT2D eigenvalue weighted by Crippen LogP contribution is 2.45. The Bertz CT molecular complexity index is 1090. The van der Waals surface area contributed by atoms with Crippen LogP contribution in [-0.4, -0.2) is 16.9 Å². The van der Waals surface area contributed by atoms with Gasteiger partial charge in [-0.2, -0.15) is 5.26 Å². The van der Waals surface area contributed by atoms with E-state index in [1.54, 1.807) is 18.2 Å². The van der Waals surface area contributed by atoms with Crippen LogP contribution in [0.25, 0.3) is 22.2 Å². The van der Waals surface area contributed by atoms with Crippen molar-refractivity contribution >= 4 is 16.8 Å². The van der Waals surface area contributed by atoms with Gasteiger partial charge in [0.25, 0.3) is 0 Å². The Hall–Kier alpha value is -3.27. The number of rotatable bonds is 4. The Morgan fingerprint density at radius 1 is 1.14 bits per heavy atom. The molecule has 0 radical (unpaired) electrons. The molecule has 1 aromatic heterocycles. The number of nitriles is 1. The molecule has 1 aliphatic carbocycles. The molecular formula is C21H16F3N3O. The fourth-order valence-electron chi connectivity index (χ4n) is 3.83. The SMILES string of the molecule is N#CCC(=O)NC1CC(c2c(-c3ccc(F)cc3)[nH]c3c(F)cc(F)cc23)C1. The summed E-state index contributed by atoms with van der Waals surface area (Å²) in [5.74, 6) is -2.11. The van der Waals surface area contributed by atoms with Crippen LogP contribution in [0.15, 0.2) is 36.4 Å². The molecule has 3 aromatic rings. The van der Waals surface area contributed by atoms with Crippen LogP contribution >= 0.6 is 0 Å². The fraction of sp³-hybridized carbons (Fsp3) is 0.238. The van der Waals surface area contributed by atoms with Gasteiger partial charge in [-0.25, -0.2) is 13.2 Å². The van der Waals surface area contributed by atoms with Crippen molar-refractivity contribution in [3.63, 3.8) is 0 Å². The van der Waals surface area contributed by atoms with Crippen LogP contribution in [0.3, 0.4) is 0 Å². The zero-order valence-corrected chi connectivity index (χ0v) is 14.7. The summed E-state index contributed by atoms with van der Waals surface area (Å²) in [5.41, 5.74) is 2.24. The summed E-state index contributed by atoms with van der Waals surface area (Å²) in [4.78, 5) is 14.6. The Labute approximate surface area is 159 Å². The number of H-pyrrole nitrogens is 1. The topological polar surface area (TPSA) is 68.7 Å². The molecular weight excluding hydrogens is 367 g/mol. The summed E-state index contributed by atoms with van der Waals surface area (Å²) in [6, 6.07) is 9.62. The number of carbonyl (C=O) groups is 1. The molecule has 0 spiro atoms. The average Bonchev–Trinajstić information content (AvgIpc) is 2.98. The maximum atomic E-state index is 14.3. The van der Waals surface area contributed by atoms with E-state index in [0.29, 0.717) is 29.5 Å². The lowest BCUT2D eigenvalue weighted by Gasteiger charge is -2.36. The van der Waals surface area contributed by atoms with E-state index < -0.39 is 11.6 Å². The number of nitrogens with one attached hydrogen (secondary N) is 2. The van der Waals surface area contributed by atoms with E-state index in [9.17, 15) is 18.0 Å². The molecule has 0 saturated heterocycles. The third kappa shape index (κ3) is 3.22. The van der Waals surface area contributed by atoms with Gasteiger partial charge < -0.3 is 10.3 Å². The number of carbonyl (C=O) groups excluding carboxylic acids is 1. The number of halogens is 3. The van der Waals surface area contributed by atoms with Crippen molar-refractivity contribution in [1.29, 1.82) is 5.26 Å². The second kappa shape index (κ2) is 7.04. The van der Waals surface area contributed by atoms with E-state index in [2.05, 4.69) is 10.3 Å². The first-order valence-electron chi connectivity index (χ1n) is 8.89. The van der Waals surface area contributed by atoms with Gasteiger partial charge in [0.15, 0.2) is 0 Å². The van der Waals surface area contributed by atoms with Gasteiger partial charge in [0.05, 0.1) is 17.3 Å². The highest BCUT2D eigenvalue weighted by atomic mass is 19.1. The molecule has 4 rings (SSSR count). The minimum absolute atomic E-state index is 0.0256. The van der Waals surface area contributed by atoms with Crippen LogP contribution in [0.2, 0.25) is 0 Å². The number of amides is 1. The van der Waals surface area contributed by atoms with Crippen molar-refractivity contribution in [2.45, 2.75) is 31.2 Å². The maximum Gasteiger partial charge on any atom is 0.234 e. The molecule has 2 aromatic carbocycles. The van der Waals surface area contributed by atoms with E-state index in [1.807, 2.05) is 0 Å². The lowest BCUT2D eigenvalue weighted by atomic mass is 9.74. The first-order valence-corrected chi connectivity index (χ1v) is 8.89. The molecule has 1 saturated carbocycles. The van der Waals surface area contributed by atoms with Gasteiger partial charge >= 0.3 is 0 Å². The third-order valence-corrected chi connectivity index (χ3v) is 5.15. The standard InChI is InChI=1S/C21H16F3N3O/c22-13-3-1-11(2-4-13)20-19(12-7-15(8-12)26-18(28)5-6-25)16-9-14(23)10-17(24)21(16)27-20/h1-4,9-10,12,15,27H,5,7-8H2,(H,26,28). The van der Waals surface area contributed by atoms with E-state index in [0.717, 1.165) is 11.6 Å². The average molecular weight is 383 g/mol. The molecule has 1 amide bonds. The number of benzene rings is 2. The predicted octanol–water partition coefficient (Wildman–Crippen LogP) is 4.53. The van der Waals surface area contributed by atoms with E-state index >= 15 is 0 Å². The Balaban J connectivity index is 1.72. The number of fused-ring (bicyclic) bond motifs is 1. The summed E-state index contributed by atoms with van der Waals surface area (Å²) in [6.45, 7) is 0. The van der Waals surface area contributed by atoms with Crippen molar-refractivity contribution in [1.82, 2.24) is 10.3 Å². The number of hydrogen-bond donors (Lipinski definition) is 2. The van der Waals surface area contributed by atoms with Crippen LogP contribution in [-0.2, 0) is 4.79 Å². The van der Waals surface area contributed by atoms with E-state index in [1.165, 1.54) is 18.2 Å². The number of aromatic amines is 1. The largest absolute Gasteiger partial charge is 0.352 e. The normalized spacial score (nSPS) is 18.5. The smallest absolute Gasteiger partial charge is 0.234 e. The van der Waals surface area contributed by atoms with Gasteiger partial charge in [-0.05, 0) is 60.2 Å². The van der Waals surface area contributed by atoms with Gasteiger partial charge in [-0.3, -0.25) is 4.79 Å². The van der Waals surface area contributed by atoms with Crippen LogP contribution in [0.1, 0.15) is 30.7 Å². The van der Waals surface area contributed by atoms with E-state index in [4.69, 9.17) is 5.26 Å². The van der Waals surface area contributed by atoms with Gasteiger partial charge in [0, 0.05) is 17.5 Å². The second-order valence-electron chi connectivity index (χ2n) is 7.00. The first kappa shape index (κ1) is 18.1. The van der Waals surface area contributed by atoms with Crippen molar-refractivity contribution < 1.29 is 18.0 Å². The quantitative estimate of drug-likeness (QED) is 0.695. The molecule has 1 fully saturated rings. The Morgan fingerprint density at radius 3 is 2.54 bits per heavy atom. The summed E-state index contributed by atoms with van der Waals surface area (Å²) in [7, 11) is 0. The predicted molar refractivity (Wildman–Crippen MR) is 97.7 cm³/mol. The Kier molecular flexibility index (Phi) is 4.55. The highest BCUT2D eigenvalue weighted by Gasteiger charge is 2.35. The number of hydrogen-bond acceptors (Lipinski definition) is 2. The first-order chi connectivity index (χ1) is 13.5. The molecule has 0 atom stereocenters. The number of aromatic nitrogens is 1. The maximum absolute atomic E-state index is 14.3. The fourth-order valence-corrected chi connectivity index (χ4v) is 3.83. The molecule has 1 aliphatic rings. The summed E-state index contributed by atoms with van der Waals surface area (Å²) >= 11 is 0. The van der Waals surface area contributed by atoms with Crippen molar-refractivity contribution in [2.24, 2.45) is 0 Å². The lowest BCUT2D eigenvalue weighted by molar-refractivity contribution is -0.121. The van der Waals surface area contributed by atoms with Gasteiger partial charge in [-0.15, -0.1) is 0 Å². The van der Waals surface area contributed by atoms with Gasteiger partial charge in [-0.1, -0.05) is 0 Å². The second-order valence-corrected chi connectivity index (χ2v) is 7.00. The molecule has 0 unspecified atom stereocenters. The minimum Gasteiger partial charge on any atom is -0.352 e. The zero-order valence-electron chi connectivity index (χ0n) is 14.7. The summed E-state index contributed by atoms with van der Waals surface area (Å²) < 4.78 is 41.5. The lowest BCUT2D eigenvalue weighted by Crippen LogP contribution is -2.43. The minimum atomic E-state index is -0.692. The van der Waals surface area contributed by atoms with Crippen molar-refractivity contribution in [3.05, 3.63) is 59.4 Å². The molecule has 142 valence electrons. The molecule has 4 nitrogen and oxygen atoms in total. The van der Waals surface area contributed by atoms with Crippen molar-refractivity contribution in [3.8, 4) is 17.3 Å². The third-order valence-electron chi connectivity index (χ3n) is 5.15. The van der Waals surface area contributed by atoms with Crippen molar-refractivity contribution in [2.75, 3.05) is 0 Å². The van der Waals surface area contributed by atoms with E-state index in [-0.39, 0.29) is 35.6 Å². The molecule has 0 bridgehead atoms. The molecule has 2 N–H and O–H groups in total. The van der Waals surface area contributed by atoms with Gasteiger partial charge in [0.1, 0.15) is 23.9 Å². The zero-order chi connectivity index (χ0) is 19.8. The summed E-state index contributed by atoms with van der Waals surface area (Å²) in [5, 5.41) is 11.8. The highest BCUT2D eigenvalue weighted by molar-refractivity contribution is 5.92. The number of nitrogens with zero attached hydrogens (tertiary/aromatic N) is 1. The molecule has 0 aliphatic heterocycles.